The lowest BCUT2D eigenvalue weighted by Crippen LogP contribution is -2.56. The number of ether oxygens (including phenoxy) is 1. The molecule has 0 heterocycles. The lowest BCUT2D eigenvalue weighted by atomic mass is 10.1. The van der Waals surface area contributed by atoms with Crippen molar-refractivity contribution in [3.63, 3.8) is 0 Å². The number of phosphoric acid groups is 1. The molecule has 0 saturated heterocycles. The summed E-state index contributed by atoms with van der Waals surface area (Å²) in [6.45, 7) is 4.82. The van der Waals surface area contributed by atoms with Gasteiger partial charge in [-0.05, 0) is 12.5 Å². The summed E-state index contributed by atoms with van der Waals surface area (Å²) in [5.74, 6) is -2.73. The molecule has 0 aromatic heterocycles. The van der Waals surface area contributed by atoms with Gasteiger partial charge in [-0.2, -0.15) is 0 Å². The number of likely N-dealkylation sites (N-methyl/N-ethyl adjacent to an activating group) is 1. The molecule has 0 amide bonds. The highest BCUT2D eigenvalue weighted by molar-refractivity contribution is 7.46. The van der Waals surface area contributed by atoms with Crippen LogP contribution in [0.2, 0.25) is 0 Å². The lowest BCUT2D eigenvalue weighted by molar-refractivity contribution is -0.878. The molecular formula is C10H21NO6P+. The van der Waals surface area contributed by atoms with Crippen molar-refractivity contribution in [1.29, 1.82) is 0 Å². The highest BCUT2D eigenvalue weighted by atomic mass is 31.2. The molecular weight excluding hydrogens is 261 g/mol. The second-order valence-corrected chi connectivity index (χ2v) is 6.26. The van der Waals surface area contributed by atoms with Crippen molar-refractivity contribution in [2.24, 2.45) is 0 Å². The number of carbonyl (C=O) groups excluding carboxylic acids is 1. The summed E-state index contributed by atoms with van der Waals surface area (Å²) in [6.07, 6.45) is 0. The SMILES string of the molecule is C=C(C)C(=O)C(C[N+](C)(C)C)(OC)OP(=O)(O)O. The third-order valence-corrected chi connectivity index (χ3v) is 2.54. The number of methoxy groups -OCH3 is 1. The highest BCUT2D eigenvalue weighted by Gasteiger charge is 2.49. The molecule has 0 spiro atoms. The van der Waals surface area contributed by atoms with Gasteiger partial charge in [-0.3, -0.25) is 4.79 Å². The van der Waals surface area contributed by atoms with Crippen molar-refractivity contribution in [3.05, 3.63) is 12.2 Å². The summed E-state index contributed by atoms with van der Waals surface area (Å²) in [6, 6.07) is 0. The monoisotopic (exact) mass is 282 g/mol. The molecule has 0 aromatic carbocycles. The minimum atomic E-state index is -4.88. The number of carbonyl (C=O) groups is 1. The van der Waals surface area contributed by atoms with E-state index in [9.17, 15) is 9.36 Å². The number of quaternary nitrogens is 1. The van der Waals surface area contributed by atoms with Crippen LogP contribution in [0.25, 0.3) is 0 Å². The molecule has 0 rings (SSSR count). The van der Waals surface area contributed by atoms with E-state index >= 15 is 0 Å². The largest absolute Gasteiger partial charge is 0.472 e. The van der Waals surface area contributed by atoms with Crippen LogP contribution in [0.5, 0.6) is 0 Å². The lowest BCUT2D eigenvalue weighted by Gasteiger charge is -2.36. The Morgan fingerprint density at radius 3 is 2.06 bits per heavy atom. The van der Waals surface area contributed by atoms with Crippen molar-refractivity contribution in [2.45, 2.75) is 12.7 Å². The number of hydrogen-bond donors (Lipinski definition) is 2. The van der Waals surface area contributed by atoms with Gasteiger partial charge in [0.05, 0.1) is 21.1 Å². The van der Waals surface area contributed by atoms with Crippen molar-refractivity contribution in [1.82, 2.24) is 0 Å². The Morgan fingerprint density at radius 1 is 1.39 bits per heavy atom. The summed E-state index contributed by atoms with van der Waals surface area (Å²) < 4.78 is 20.8. The third-order valence-electron chi connectivity index (χ3n) is 2.01. The third kappa shape index (κ3) is 5.39. The van der Waals surface area contributed by atoms with Gasteiger partial charge in [-0.25, -0.2) is 9.09 Å². The summed E-state index contributed by atoms with van der Waals surface area (Å²) in [4.78, 5) is 29.9. The molecule has 0 aliphatic heterocycles. The number of rotatable bonds is 7. The van der Waals surface area contributed by atoms with Crippen molar-refractivity contribution in [2.75, 3.05) is 34.8 Å². The van der Waals surface area contributed by atoms with Gasteiger partial charge in [0.15, 0.2) is 0 Å². The van der Waals surface area contributed by atoms with Crippen LogP contribution in [0.15, 0.2) is 12.2 Å². The van der Waals surface area contributed by atoms with E-state index in [1.54, 1.807) is 21.1 Å². The van der Waals surface area contributed by atoms with Crippen molar-refractivity contribution < 1.29 is 32.9 Å². The molecule has 0 aliphatic rings. The molecule has 0 aliphatic carbocycles. The number of hydrogen-bond acceptors (Lipinski definition) is 4. The van der Waals surface area contributed by atoms with Crippen LogP contribution in [0, 0.1) is 0 Å². The predicted molar refractivity (Wildman–Crippen MR) is 65.6 cm³/mol. The number of Topliss-reactive ketones (excluding diaryl/α,β-unsaturated/α-hetero) is 1. The number of ketones is 1. The minimum Gasteiger partial charge on any atom is -0.342 e. The smallest absolute Gasteiger partial charge is 0.342 e. The van der Waals surface area contributed by atoms with Crippen molar-refractivity contribution >= 4 is 13.6 Å². The zero-order valence-corrected chi connectivity index (χ0v) is 12.2. The van der Waals surface area contributed by atoms with E-state index in [-0.39, 0.29) is 16.6 Å². The molecule has 106 valence electrons. The fourth-order valence-corrected chi connectivity index (χ4v) is 2.08. The number of nitrogens with zero attached hydrogens (tertiary/aromatic N) is 1. The molecule has 1 unspecified atom stereocenters. The molecule has 0 fully saturated rings. The predicted octanol–water partition coefficient (Wildman–Crippen LogP) is 0.290. The van der Waals surface area contributed by atoms with Gasteiger partial charge < -0.3 is 19.0 Å². The van der Waals surface area contributed by atoms with Gasteiger partial charge in [-0.15, -0.1) is 0 Å². The minimum absolute atomic E-state index is 0.0691. The van der Waals surface area contributed by atoms with Crippen LogP contribution in [0.1, 0.15) is 6.92 Å². The first-order valence-corrected chi connectivity index (χ1v) is 6.68. The van der Waals surface area contributed by atoms with E-state index in [1.807, 2.05) is 0 Å². The summed E-state index contributed by atoms with van der Waals surface area (Å²) in [7, 11) is 1.49. The summed E-state index contributed by atoms with van der Waals surface area (Å²) in [5.41, 5.74) is 0.0961. The van der Waals surface area contributed by atoms with Crippen LogP contribution in [0.3, 0.4) is 0 Å². The molecule has 0 bridgehead atoms. The van der Waals surface area contributed by atoms with Crippen LogP contribution >= 0.6 is 7.82 Å². The van der Waals surface area contributed by atoms with Crippen molar-refractivity contribution in [3.8, 4) is 0 Å². The van der Waals surface area contributed by atoms with Crippen LogP contribution in [-0.4, -0.2) is 60.6 Å². The van der Waals surface area contributed by atoms with Gasteiger partial charge in [0.1, 0.15) is 6.54 Å². The molecule has 18 heavy (non-hydrogen) atoms. The highest BCUT2D eigenvalue weighted by Crippen LogP contribution is 2.43. The first-order chi connectivity index (χ1) is 7.83. The van der Waals surface area contributed by atoms with Crippen LogP contribution in [-0.2, 0) is 18.6 Å². The van der Waals surface area contributed by atoms with Gasteiger partial charge >= 0.3 is 7.82 Å². The summed E-state index contributed by atoms with van der Waals surface area (Å²) in [5, 5.41) is 0. The molecule has 8 heteroatoms. The maximum absolute atomic E-state index is 12.0. The molecule has 0 radical (unpaired) electrons. The zero-order valence-electron chi connectivity index (χ0n) is 11.3. The Morgan fingerprint density at radius 2 is 1.83 bits per heavy atom. The first kappa shape index (κ1) is 17.4. The molecule has 7 nitrogen and oxygen atoms in total. The average Bonchev–Trinajstić information content (AvgIpc) is 2.10. The van der Waals surface area contributed by atoms with Gasteiger partial charge in [0.2, 0.25) is 5.78 Å². The molecule has 0 aromatic rings. The number of phosphoric ester groups is 1. The van der Waals surface area contributed by atoms with Crippen LogP contribution < -0.4 is 0 Å². The Bertz CT molecular complexity index is 382. The Kier molecular flexibility index (Phi) is 5.43. The molecule has 2 N–H and O–H groups in total. The van der Waals surface area contributed by atoms with Gasteiger partial charge in [0, 0.05) is 7.11 Å². The second-order valence-electron chi connectivity index (χ2n) is 5.10. The average molecular weight is 282 g/mol. The van der Waals surface area contributed by atoms with Gasteiger partial charge in [0.25, 0.3) is 5.79 Å². The normalized spacial score (nSPS) is 16.2. The van der Waals surface area contributed by atoms with Gasteiger partial charge in [-0.1, -0.05) is 6.58 Å². The van der Waals surface area contributed by atoms with E-state index in [0.29, 0.717) is 0 Å². The van der Waals surface area contributed by atoms with E-state index < -0.39 is 19.4 Å². The fourth-order valence-electron chi connectivity index (χ4n) is 1.48. The van der Waals surface area contributed by atoms with E-state index in [4.69, 9.17) is 14.5 Å². The quantitative estimate of drug-likeness (QED) is 0.302. The van der Waals surface area contributed by atoms with E-state index in [0.717, 1.165) is 7.11 Å². The first-order valence-electron chi connectivity index (χ1n) is 5.15. The maximum atomic E-state index is 12.0. The maximum Gasteiger partial charge on any atom is 0.472 e. The Labute approximate surface area is 107 Å². The topological polar surface area (TPSA) is 93.1 Å². The standard InChI is InChI=1S/C10H20NO6P/c1-8(2)9(12)10(16-6,7-11(3,4)5)17-18(13,14)15/h1,7H2,2-6H3,(H-,13,14,15)/p+1. The Balaban J connectivity index is 5.55. The van der Waals surface area contributed by atoms with E-state index in [2.05, 4.69) is 11.1 Å². The second kappa shape index (κ2) is 5.61. The van der Waals surface area contributed by atoms with Crippen LogP contribution in [0.4, 0.5) is 0 Å². The fraction of sp³-hybridized carbons (Fsp3) is 0.700. The summed E-state index contributed by atoms with van der Waals surface area (Å²) >= 11 is 0. The molecule has 1 atom stereocenters. The molecule has 0 saturated carbocycles. The Hall–Kier alpha value is -0.560. The van der Waals surface area contributed by atoms with E-state index in [1.165, 1.54) is 6.92 Å². The zero-order chi connectivity index (χ0) is 14.8.